The van der Waals surface area contributed by atoms with Crippen molar-refractivity contribution in [2.75, 3.05) is 13.2 Å². The van der Waals surface area contributed by atoms with Gasteiger partial charge in [0.15, 0.2) is 0 Å². The Morgan fingerprint density at radius 3 is 2.20 bits per heavy atom. The number of aromatic nitrogens is 1. The van der Waals surface area contributed by atoms with Crippen LogP contribution in [0.4, 0.5) is 0 Å². The molecule has 0 spiro atoms. The van der Waals surface area contributed by atoms with Gasteiger partial charge >= 0.3 is 11.9 Å². The van der Waals surface area contributed by atoms with Crippen molar-refractivity contribution in [1.29, 1.82) is 0 Å². The topological polar surface area (TPSA) is 65.5 Å². The summed E-state index contributed by atoms with van der Waals surface area (Å²) in [5.74, 6) is -0.686. The van der Waals surface area contributed by atoms with E-state index in [1.165, 1.54) is 0 Å². The highest BCUT2D eigenvalue weighted by molar-refractivity contribution is 5.97. The summed E-state index contributed by atoms with van der Waals surface area (Å²) in [5, 5.41) is 0.907. The van der Waals surface area contributed by atoms with Gasteiger partial charge < -0.3 is 9.47 Å². The van der Waals surface area contributed by atoms with E-state index in [1.54, 1.807) is 32.1 Å². The van der Waals surface area contributed by atoms with E-state index in [4.69, 9.17) is 14.5 Å². The van der Waals surface area contributed by atoms with Crippen LogP contribution >= 0.6 is 0 Å². The van der Waals surface area contributed by atoms with E-state index < -0.39 is 0 Å². The van der Waals surface area contributed by atoms with Crippen LogP contribution in [0.3, 0.4) is 0 Å². The van der Waals surface area contributed by atoms with E-state index in [0.29, 0.717) is 30.8 Å². The highest BCUT2D eigenvalue weighted by Gasteiger charge is 2.15. The molecule has 3 rings (SSSR count). The first-order valence-corrected chi connectivity index (χ1v) is 9.98. The lowest BCUT2D eigenvalue weighted by Crippen LogP contribution is -2.06. The number of ether oxygens (including phenoxy) is 2. The van der Waals surface area contributed by atoms with E-state index in [9.17, 15) is 9.59 Å². The maximum absolute atomic E-state index is 12.3. The molecule has 0 N–H and O–H groups in total. The average molecular weight is 403 g/mol. The summed E-state index contributed by atoms with van der Waals surface area (Å²) in [6, 6.07) is 12.8. The fourth-order valence-corrected chi connectivity index (χ4v) is 3.35. The van der Waals surface area contributed by atoms with Gasteiger partial charge in [0, 0.05) is 10.9 Å². The van der Waals surface area contributed by atoms with Crippen LogP contribution in [0.15, 0.2) is 55.1 Å². The Kier molecular flexibility index (Phi) is 6.62. The molecule has 2 aromatic carbocycles. The summed E-state index contributed by atoms with van der Waals surface area (Å²) in [5.41, 5.74) is 5.45. The Morgan fingerprint density at radius 1 is 0.967 bits per heavy atom. The predicted octanol–water partition coefficient (Wildman–Crippen LogP) is 5.29. The number of rotatable bonds is 7. The molecular weight excluding hydrogens is 378 g/mol. The maximum atomic E-state index is 12.3. The first-order valence-electron chi connectivity index (χ1n) is 9.98. The minimum Gasteiger partial charge on any atom is -0.462 e. The molecule has 0 fully saturated rings. The lowest BCUT2D eigenvalue weighted by Gasteiger charge is -2.13. The Bertz CT molecular complexity index is 1100. The zero-order valence-electron chi connectivity index (χ0n) is 17.5. The number of aryl methyl sites for hydroxylation is 1. The molecule has 154 valence electrons. The zero-order chi connectivity index (χ0) is 21.7. The predicted molar refractivity (Wildman–Crippen MR) is 118 cm³/mol. The van der Waals surface area contributed by atoms with Gasteiger partial charge in [-0.3, -0.25) is 0 Å². The molecule has 0 aliphatic heterocycles. The van der Waals surface area contributed by atoms with Crippen molar-refractivity contribution < 1.29 is 19.1 Å². The van der Waals surface area contributed by atoms with Crippen LogP contribution in [0, 0.1) is 6.92 Å². The fraction of sp³-hybridized carbons (Fsp3) is 0.240. The molecule has 5 heteroatoms. The third-order valence-electron chi connectivity index (χ3n) is 4.77. The monoisotopic (exact) mass is 403 g/mol. The highest BCUT2D eigenvalue weighted by atomic mass is 16.5. The van der Waals surface area contributed by atoms with Gasteiger partial charge in [-0.05, 0) is 68.7 Å². The number of allylic oxidation sites excluding steroid dienone is 1. The Hall–Kier alpha value is -3.47. The standard InChI is InChI=1S/C25H25NO4/c1-5-8-19-14-20(25(28)30-7-3)15-21-16(4)13-22(26-23(19)21)17-9-11-18(12-10-17)24(27)29-6-2/h5,9-15H,1,6-8H2,2-4H3. The molecule has 0 unspecified atom stereocenters. The fourth-order valence-electron chi connectivity index (χ4n) is 3.35. The number of carbonyl (C=O) groups excluding carboxylic acids is 2. The molecule has 3 aromatic rings. The number of carbonyl (C=O) groups is 2. The van der Waals surface area contributed by atoms with Crippen molar-refractivity contribution in [1.82, 2.24) is 4.98 Å². The van der Waals surface area contributed by atoms with Crippen LogP contribution in [-0.2, 0) is 15.9 Å². The van der Waals surface area contributed by atoms with Gasteiger partial charge in [0.2, 0.25) is 0 Å². The minimum atomic E-state index is -0.345. The van der Waals surface area contributed by atoms with Crippen LogP contribution < -0.4 is 0 Å². The lowest BCUT2D eigenvalue weighted by atomic mass is 9.98. The molecule has 0 atom stereocenters. The van der Waals surface area contributed by atoms with Crippen LogP contribution in [0.25, 0.3) is 22.2 Å². The molecule has 0 aliphatic carbocycles. The van der Waals surface area contributed by atoms with Gasteiger partial charge in [-0.2, -0.15) is 0 Å². The van der Waals surface area contributed by atoms with E-state index >= 15 is 0 Å². The minimum absolute atomic E-state index is 0.325. The van der Waals surface area contributed by atoms with Crippen molar-refractivity contribution in [2.45, 2.75) is 27.2 Å². The van der Waals surface area contributed by atoms with Crippen molar-refractivity contribution in [3.05, 3.63) is 77.4 Å². The second-order valence-corrected chi connectivity index (χ2v) is 6.87. The molecule has 0 aliphatic rings. The van der Waals surface area contributed by atoms with E-state index in [1.807, 2.05) is 37.3 Å². The third-order valence-corrected chi connectivity index (χ3v) is 4.77. The van der Waals surface area contributed by atoms with Crippen LogP contribution in [-0.4, -0.2) is 30.1 Å². The van der Waals surface area contributed by atoms with E-state index in [-0.39, 0.29) is 11.9 Å². The Morgan fingerprint density at radius 2 is 1.60 bits per heavy atom. The molecule has 0 bridgehead atoms. The van der Waals surface area contributed by atoms with Crippen molar-refractivity contribution >= 4 is 22.8 Å². The molecule has 0 saturated heterocycles. The molecule has 0 amide bonds. The summed E-state index contributed by atoms with van der Waals surface area (Å²) in [4.78, 5) is 29.0. The molecule has 30 heavy (non-hydrogen) atoms. The molecule has 1 aromatic heterocycles. The number of hydrogen-bond acceptors (Lipinski definition) is 5. The third kappa shape index (κ3) is 4.40. The van der Waals surface area contributed by atoms with Crippen LogP contribution in [0.1, 0.15) is 45.7 Å². The first kappa shape index (κ1) is 21.2. The van der Waals surface area contributed by atoms with Gasteiger partial charge in [0.25, 0.3) is 0 Å². The van der Waals surface area contributed by atoms with Gasteiger partial charge in [0.1, 0.15) is 0 Å². The Labute approximate surface area is 176 Å². The molecule has 0 radical (unpaired) electrons. The largest absolute Gasteiger partial charge is 0.462 e. The second-order valence-electron chi connectivity index (χ2n) is 6.87. The van der Waals surface area contributed by atoms with Gasteiger partial charge in [-0.1, -0.05) is 18.2 Å². The molecular formula is C25H25NO4. The lowest BCUT2D eigenvalue weighted by molar-refractivity contribution is 0.0517. The SMILES string of the molecule is C=CCc1cc(C(=O)OCC)cc2c(C)cc(-c3ccc(C(=O)OCC)cc3)nc12. The summed E-state index contributed by atoms with van der Waals surface area (Å²) >= 11 is 0. The number of nitrogens with zero attached hydrogens (tertiary/aromatic N) is 1. The number of pyridine rings is 1. The van der Waals surface area contributed by atoms with Gasteiger partial charge in [0.05, 0.1) is 35.6 Å². The van der Waals surface area contributed by atoms with Crippen LogP contribution in [0.2, 0.25) is 0 Å². The summed E-state index contributed by atoms with van der Waals surface area (Å²) in [6.45, 7) is 10.1. The van der Waals surface area contributed by atoms with Crippen LogP contribution in [0.5, 0.6) is 0 Å². The average Bonchev–Trinajstić information content (AvgIpc) is 2.74. The number of fused-ring (bicyclic) bond motifs is 1. The number of benzene rings is 2. The number of esters is 2. The van der Waals surface area contributed by atoms with Crippen molar-refractivity contribution in [3.63, 3.8) is 0 Å². The smallest absolute Gasteiger partial charge is 0.338 e. The van der Waals surface area contributed by atoms with E-state index in [2.05, 4.69) is 6.58 Å². The molecule has 5 nitrogen and oxygen atoms in total. The second kappa shape index (κ2) is 9.35. The van der Waals surface area contributed by atoms with Gasteiger partial charge in [-0.25, -0.2) is 14.6 Å². The van der Waals surface area contributed by atoms with Gasteiger partial charge in [-0.15, -0.1) is 6.58 Å². The normalized spacial score (nSPS) is 10.6. The summed E-state index contributed by atoms with van der Waals surface area (Å²) in [6.07, 6.45) is 2.38. The van der Waals surface area contributed by atoms with E-state index in [0.717, 1.165) is 33.3 Å². The maximum Gasteiger partial charge on any atom is 0.338 e. The quantitative estimate of drug-likeness (QED) is 0.396. The summed E-state index contributed by atoms with van der Waals surface area (Å²) < 4.78 is 10.2. The molecule has 0 saturated carbocycles. The zero-order valence-corrected chi connectivity index (χ0v) is 17.5. The first-order chi connectivity index (χ1) is 14.5. The molecule has 1 heterocycles. The Balaban J connectivity index is 2.09. The van der Waals surface area contributed by atoms with Crippen molar-refractivity contribution in [2.24, 2.45) is 0 Å². The van der Waals surface area contributed by atoms with Crippen molar-refractivity contribution in [3.8, 4) is 11.3 Å². The highest BCUT2D eigenvalue weighted by Crippen LogP contribution is 2.29. The number of hydrogen-bond donors (Lipinski definition) is 0. The summed E-state index contributed by atoms with van der Waals surface area (Å²) in [7, 11) is 0.